The molecule has 0 radical (unpaired) electrons. The van der Waals surface area contributed by atoms with Crippen molar-refractivity contribution in [2.24, 2.45) is 5.92 Å². The highest BCUT2D eigenvalue weighted by molar-refractivity contribution is 5.46. The zero-order valence-corrected chi connectivity index (χ0v) is 9.37. The number of hydrogen-bond acceptors (Lipinski definition) is 1. The third-order valence-corrected chi connectivity index (χ3v) is 3.17. The fraction of sp³-hybridized carbons (Fsp3) is 0.917. The number of rotatable bonds is 6. The molecule has 0 spiro atoms. The molecule has 1 saturated carbocycles. The number of carbonyl (C=O) groups excluding carboxylic acids is 1. The van der Waals surface area contributed by atoms with Crippen LogP contribution in [0.2, 0.25) is 0 Å². The molecule has 0 unspecified atom stereocenters. The van der Waals surface area contributed by atoms with Crippen LogP contribution in [-0.2, 0) is 4.79 Å². The van der Waals surface area contributed by atoms with Gasteiger partial charge in [-0.25, -0.2) is 0 Å². The Balaban J connectivity index is 2.20. The second kappa shape index (κ2) is 6.86. The van der Waals surface area contributed by atoms with Gasteiger partial charge in [0.15, 0.2) is 0 Å². The highest BCUT2D eigenvalue weighted by Gasteiger charge is 2.15. The van der Waals surface area contributed by atoms with E-state index in [1.54, 1.807) is 0 Å². The van der Waals surface area contributed by atoms with Crippen LogP contribution in [-0.4, -0.2) is 24.4 Å². The maximum absolute atomic E-state index is 10.8. The molecule has 1 aliphatic carbocycles. The van der Waals surface area contributed by atoms with E-state index in [2.05, 4.69) is 6.92 Å². The molecular weight excluding hydrogens is 174 g/mol. The van der Waals surface area contributed by atoms with E-state index >= 15 is 0 Å². The van der Waals surface area contributed by atoms with Crippen LogP contribution in [0.25, 0.3) is 0 Å². The van der Waals surface area contributed by atoms with Crippen LogP contribution >= 0.6 is 0 Å². The summed E-state index contributed by atoms with van der Waals surface area (Å²) >= 11 is 0. The molecule has 1 rings (SSSR count). The van der Waals surface area contributed by atoms with Gasteiger partial charge in [-0.05, 0) is 25.2 Å². The first-order valence-corrected chi connectivity index (χ1v) is 6.06. The lowest BCUT2D eigenvalue weighted by Gasteiger charge is -2.27. The molecule has 2 heteroatoms. The molecular formula is C12H23NO. The Morgan fingerprint density at radius 3 is 2.57 bits per heavy atom. The van der Waals surface area contributed by atoms with Crippen molar-refractivity contribution < 1.29 is 4.79 Å². The minimum absolute atomic E-state index is 0.783. The van der Waals surface area contributed by atoms with E-state index < -0.39 is 0 Å². The summed E-state index contributed by atoms with van der Waals surface area (Å²) in [6, 6.07) is 0. The van der Waals surface area contributed by atoms with Crippen LogP contribution < -0.4 is 0 Å². The fourth-order valence-electron chi connectivity index (χ4n) is 2.25. The molecule has 0 N–H and O–H groups in total. The van der Waals surface area contributed by atoms with E-state index in [-0.39, 0.29) is 0 Å². The predicted octanol–water partition coefficient (Wildman–Crippen LogP) is 2.83. The number of unbranched alkanes of at least 4 members (excludes halogenated alkanes) is 1. The van der Waals surface area contributed by atoms with Crippen LogP contribution in [0, 0.1) is 5.92 Å². The Kier molecular flexibility index (Phi) is 5.65. The SMILES string of the molecule is CCCCN(C=O)CC1CCCCC1. The first-order valence-electron chi connectivity index (χ1n) is 6.06. The van der Waals surface area contributed by atoms with Crippen molar-refractivity contribution in [2.45, 2.75) is 51.9 Å². The van der Waals surface area contributed by atoms with Crippen LogP contribution in [0.3, 0.4) is 0 Å². The first-order chi connectivity index (χ1) is 6.86. The van der Waals surface area contributed by atoms with Gasteiger partial charge in [-0.1, -0.05) is 32.6 Å². The average Bonchev–Trinajstić information content (AvgIpc) is 2.25. The topological polar surface area (TPSA) is 20.3 Å². The molecule has 0 heterocycles. The third kappa shape index (κ3) is 4.12. The van der Waals surface area contributed by atoms with Gasteiger partial charge in [0.2, 0.25) is 6.41 Å². The molecule has 1 fully saturated rings. The van der Waals surface area contributed by atoms with Crippen molar-refractivity contribution in [1.29, 1.82) is 0 Å². The summed E-state index contributed by atoms with van der Waals surface area (Å²) in [5, 5.41) is 0. The van der Waals surface area contributed by atoms with E-state index in [9.17, 15) is 4.79 Å². The van der Waals surface area contributed by atoms with Crippen LogP contribution in [0.1, 0.15) is 51.9 Å². The highest BCUT2D eigenvalue weighted by atomic mass is 16.1. The van der Waals surface area contributed by atoms with Gasteiger partial charge < -0.3 is 4.90 Å². The Hall–Kier alpha value is -0.530. The van der Waals surface area contributed by atoms with Crippen molar-refractivity contribution in [1.82, 2.24) is 4.90 Å². The monoisotopic (exact) mass is 197 g/mol. The molecule has 0 saturated heterocycles. The highest BCUT2D eigenvalue weighted by Crippen LogP contribution is 2.24. The molecule has 0 aromatic heterocycles. The largest absolute Gasteiger partial charge is 0.345 e. The molecule has 0 aliphatic heterocycles. The fourth-order valence-corrected chi connectivity index (χ4v) is 2.25. The molecule has 14 heavy (non-hydrogen) atoms. The minimum Gasteiger partial charge on any atom is -0.345 e. The zero-order chi connectivity index (χ0) is 10.2. The van der Waals surface area contributed by atoms with Gasteiger partial charge in [0, 0.05) is 13.1 Å². The predicted molar refractivity (Wildman–Crippen MR) is 59.1 cm³/mol. The van der Waals surface area contributed by atoms with Gasteiger partial charge in [0.05, 0.1) is 0 Å². The minimum atomic E-state index is 0.783. The molecule has 0 bridgehead atoms. The summed E-state index contributed by atoms with van der Waals surface area (Å²) in [5.74, 6) is 0.783. The molecule has 0 aromatic carbocycles. The van der Waals surface area contributed by atoms with Crippen LogP contribution in [0.15, 0.2) is 0 Å². The zero-order valence-electron chi connectivity index (χ0n) is 9.37. The van der Waals surface area contributed by atoms with Crippen molar-refractivity contribution in [3.8, 4) is 0 Å². The van der Waals surface area contributed by atoms with Gasteiger partial charge in [0.25, 0.3) is 0 Å². The van der Waals surface area contributed by atoms with Gasteiger partial charge in [0.1, 0.15) is 0 Å². The van der Waals surface area contributed by atoms with E-state index in [1.165, 1.54) is 38.5 Å². The van der Waals surface area contributed by atoms with E-state index in [4.69, 9.17) is 0 Å². The number of carbonyl (C=O) groups is 1. The maximum Gasteiger partial charge on any atom is 0.209 e. The number of amides is 1. The van der Waals surface area contributed by atoms with E-state index in [0.29, 0.717) is 0 Å². The molecule has 1 amide bonds. The van der Waals surface area contributed by atoms with E-state index in [1.807, 2.05) is 4.90 Å². The molecule has 1 aliphatic rings. The van der Waals surface area contributed by atoms with Crippen molar-refractivity contribution in [3.63, 3.8) is 0 Å². The first kappa shape index (κ1) is 11.5. The summed E-state index contributed by atoms with van der Waals surface area (Å²) in [7, 11) is 0. The quantitative estimate of drug-likeness (QED) is 0.600. The van der Waals surface area contributed by atoms with Crippen molar-refractivity contribution >= 4 is 6.41 Å². The van der Waals surface area contributed by atoms with E-state index in [0.717, 1.165) is 31.8 Å². The maximum atomic E-state index is 10.8. The summed E-state index contributed by atoms with van der Waals surface area (Å²) < 4.78 is 0. The molecule has 82 valence electrons. The Labute approximate surface area is 87.7 Å². The summed E-state index contributed by atoms with van der Waals surface area (Å²) in [4.78, 5) is 12.8. The third-order valence-electron chi connectivity index (χ3n) is 3.17. The van der Waals surface area contributed by atoms with Crippen LogP contribution in [0.5, 0.6) is 0 Å². The Morgan fingerprint density at radius 2 is 2.00 bits per heavy atom. The Bertz CT molecular complexity index is 152. The van der Waals surface area contributed by atoms with Crippen molar-refractivity contribution in [2.75, 3.05) is 13.1 Å². The normalized spacial score (nSPS) is 18.1. The van der Waals surface area contributed by atoms with Gasteiger partial charge in [-0.2, -0.15) is 0 Å². The summed E-state index contributed by atoms with van der Waals surface area (Å²) in [6.07, 6.45) is 10.1. The number of nitrogens with zero attached hydrogens (tertiary/aromatic N) is 1. The second-order valence-electron chi connectivity index (χ2n) is 4.46. The lowest BCUT2D eigenvalue weighted by atomic mass is 9.89. The van der Waals surface area contributed by atoms with Crippen molar-refractivity contribution in [3.05, 3.63) is 0 Å². The average molecular weight is 197 g/mol. The second-order valence-corrected chi connectivity index (χ2v) is 4.46. The smallest absolute Gasteiger partial charge is 0.209 e. The molecule has 0 aromatic rings. The summed E-state index contributed by atoms with van der Waals surface area (Å²) in [5.41, 5.74) is 0. The molecule has 2 nitrogen and oxygen atoms in total. The Morgan fingerprint density at radius 1 is 1.29 bits per heavy atom. The standard InChI is InChI=1S/C12H23NO/c1-2-3-9-13(11-14)10-12-7-5-4-6-8-12/h11-12H,2-10H2,1H3. The lowest BCUT2D eigenvalue weighted by Crippen LogP contribution is -2.30. The van der Waals surface area contributed by atoms with Crippen LogP contribution in [0.4, 0.5) is 0 Å². The summed E-state index contributed by atoms with van der Waals surface area (Å²) in [6.45, 7) is 4.13. The number of hydrogen-bond donors (Lipinski definition) is 0. The van der Waals surface area contributed by atoms with Gasteiger partial charge in [-0.15, -0.1) is 0 Å². The molecule has 0 atom stereocenters. The van der Waals surface area contributed by atoms with Gasteiger partial charge in [-0.3, -0.25) is 4.79 Å². The lowest BCUT2D eigenvalue weighted by molar-refractivity contribution is -0.118. The van der Waals surface area contributed by atoms with Gasteiger partial charge >= 0.3 is 0 Å².